The smallest absolute Gasteiger partial charge is 0.131 e. The average Bonchev–Trinajstić information content (AvgIpc) is 2.62. The first-order valence-electron chi connectivity index (χ1n) is 8.11. The quantitative estimate of drug-likeness (QED) is 0.656. The zero-order valence-electron chi connectivity index (χ0n) is 14.3. The van der Waals surface area contributed by atoms with Crippen molar-refractivity contribution in [1.29, 1.82) is 5.26 Å². The summed E-state index contributed by atoms with van der Waals surface area (Å²) in [6.07, 6.45) is 0. The van der Waals surface area contributed by atoms with Gasteiger partial charge < -0.3 is 10.1 Å². The molecule has 4 nitrogen and oxygen atoms in total. The van der Waals surface area contributed by atoms with Gasteiger partial charge in [-0.1, -0.05) is 18.7 Å². The summed E-state index contributed by atoms with van der Waals surface area (Å²) in [5, 5.41) is 13.3. The average molecular weight is 329 g/mol. The van der Waals surface area contributed by atoms with Crippen LogP contribution in [0.2, 0.25) is 0 Å². The number of nitriles is 1. The van der Waals surface area contributed by atoms with Gasteiger partial charge in [0.1, 0.15) is 11.6 Å². The molecule has 0 atom stereocenters. The summed E-state index contributed by atoms with van der Waals surface area (Å²) in [6.45, 7) is 8.54. The number of nitrogens with one attached hydrogen (secondary N) is 1. The summed E-state index contributed by atoms with van der Waals surface area (Å²) in [4.78, 5) is 4.70. The maximum atomic E-state index is 8.88. The van der Waals surface area contributed by atoms with Gasteiger partial charge in [0.25, 0.3) is 0 Å². The van der Waals surface area contributed by atoms with Crippen LogP contribution in [0.1, 0.15) is 23.6 Å². The van der Waals surface area contributed by atoms with Crippen LogP contribution in [-0.4, -0.2) is 11.6 Å². The number of fused-ring (bicyclic) bond motifs is 1. The van der Waals surface area contributed by atoms with Crippen molar-refractivity contribution in [2.75, 3.05) is 11.9 Å². The first-order chi connectivity index (χ1) is 12.1. The van der Waals surface area contributed by atoms with E-state index in [9.17, 15) is 0 Å². The molecule has 0 fully saturated rings. The number of hydrogen-bond acceptors (Lipinski definition) is 4. The minimum absolute atomic E-state index is 0.587. The van der Waals surface area contributed by atoms with Crippen LogP contribution in [0.3, 0.4) is 0 Å². The predicted molar refractivity (Wildman–Crippen MR) is 102 cm³/mol. The van der Waals surface area contributed by atoms with E-state index in [0.29, 0.717) is 17.9 Å². The van der Waals surface area contributed by atoms with E-state index in [0.717, 1.165) is 33.5 Å². The highest BCUT2D eigenvalue weighted by molar-refractivity contribution is 5.87. The number of nitrogens with zero attached hydrogens (tertiary/aromatic N) is 2. The SMILES string of the molecule is C=C(OCC)c1ccc2c(C)cc(Nc3ccc(C#N)cc3)nc2c1. The fraction of sp³-hybridized carbons (Fsp3) is 0.143. The Morgan fingerprint density at radius 1 is 1.20 bits per heavy atom. The number of benzene rings is 2. The summed E-state index contributed by atoms with van der Waals surface area (Å²) in [5.41, 5.74) is 4.47. The van der Waals surface area contributed by atoms with Gasteiger partial charge >= 0.3 is 0 Å². The number of pyridine rings is 1. The Hall–Kier alpha value is -3.32. The van der Waals surface area contributed by atoms with Gasteiger partial charge in [0.15, 0.2) is 0 Å². The third-order valence-corrected chi connectivity index (χ3v) is 3.94. The van der Waals surface area contributed by atoms with Gasteiger partial charge in [-0.2, -0.15) is 5.26 Å². The second-order valence-corrected chi connectivity index (χ2v) is 5.73. The fourth-order valence-corrected chi connectivity index (χ4v) is 2.67. The maximum absolute atomic E-state index is 8.88. The molecule has 0 amide bonds. The van der Waals surface area contributed by atoms with Crippen LogP contribution in [-0.2, 0) is 4.74 Å². The molecule has 0 aliphatic carbocycles. The summed E-state index contributed by atoms with van der Waals surface area (Å²) in [6, 6.07) is 17.5. The number of aryl methyl sites for hydroxylation is 1. The maximum Gasteiger partial charge on any atom is 0.131 e. The highest BCUT2D eigenvalue weighted by atomic mass is 16.5. The Balaban J connectivity index is 1.95. The summed E-state index contributed by atoms with van der Waals surface area (Å²) in [7, 11) is 0. The van der Waals surface area contributed by atoms with Crippen LogP contribution in [0.25, 0.3) is 16.7 Å². The lowest BCUT2D eigenvalue weighted by Gasteiger charge is -2.11. The van der Waals surface area contributed by atoms with E-state index in [1.54, 1.807) is 12.1 Å². The molecule has 1 N–H and O–H groups in total. The van der Waals surface area contributed by atoms with E-state index in [1.807, 2.05) is 43.3 Å². The lowest BCUT2D eigenvalue weighted by molar-refractivity contribution is 0.299. The van der Waals surface area contributed by atoms with Crippen LogP contribution in [0.4, 0.5) is 11.5 Å². The molecule has 0 unspecified atom stereocenters. The molecule has 0 bridgehead atoms. The third kappa shape index (κ3) is 3.61. The van der Waals surface area contributed by atoms with E-state index in [4.69, 9.17) is 15.0 Å². The molecule has 4 heteroatoms. The lowest BCUT2D eigenvalue weighted by Crippen LogP contribution is -1.97. The number of hydrogen-bond donors (Lipinski definition) is 1. The molecule has 2 aromatic carbocycles. The molecule has 1 aromatic heterocycles. The van der Waals surface area contributed by atoms with E-state index in [2.05, 4.69) is 24.9 Å². The van der Waals surface area contributed by atoms with Gasteiger partial charge in [-0.05, 0) is 55.8 Å². The fourth-order valence-electron chi connectivity index (χ4n) is 2.67. The highest BCUT2D eigenvalue weighted by Gasteiger charge is 2.07. The zero-order valence-corrected chi connectivity index (χ0v) is 14.3. The molecule has 0 aliphatic rings. The molecule has 0 spiro atoms. The Morgan fingerprint density at radius 2 is 1.96 bits per heavy atom. The minimum Gasteiger partial charge on any atom is -0.494 e. The Bertz CT molecular complexity index is 969. The van der Waals surface area contributed by atoms with Crippen molar-refractivity contribution >= 4 is 28.2 Å². The summed E-state index contributed by atoms with van der Waals surface area (Å²) >= 11 is 0. The van der Waals surface area contributed by atoms with Crippen molar-refractivity contribution in [1.82, 2.24) is 4.98 Å². The Kier molecular flexibility index (Phi) is 4.67. The van der Waals surface area contributed by atoms with Crippen molar-refractivity contribution in [3.05, 3.63) is 71.8 Å². The lowest BCUT2D eigenvalue weighted by atomic mass is 10.1. The number of ether oxygens (including phenoxy) is 1. The van der Waals surface area contributed by atoms with Gasteiger partial charge in [-0.3, -0.25) is 0 Å². The second-order valence-electron chi connectivity index (χ2n) is 5.73. The Labute approximate surface area is 147 Å². The molecular formula is C21H19N3O. The first-order valence-corrected chi connectivity index (χ1v) is 8.11. The van der Waals surface area contributed by atoms with E-state index >= 15 is 0 Å². The molecule has 124 valence electrons. The molecule has 3 aromatic rings. The summed E-state index contributed by atoms with van der Waals surface area (Å²) in [5.74, 6) is 1.41. The molecule has 25 heavy (non-hydrogen) atoms. The van der Waals surface area contributed by atoms with Gasteiger partial charge in [0.2, 0.25) is 0 Å². The normalized spacial score (nSPS) is 10.3. The highest BCUT2D eigenvalue weighted by Crippen LogP contribution is 2.26. The van der Waals surface area contributed by atoms with E-state index in [1.165, 1.54) is 0 Å². The van der Waals surface area contributed by atoms with Crippen LogP contribution < -0.4 is 5.32 Å². The van der Waals surface area contributed by atoms with E-state index in [-0.39, 0.29) is 0 Å². The standard InChI is InChI=1S/C21H19N3O/c1-4-25-15(3)17-7-10-19-14(2)11-21(24-20(19)12-17)23-18-8-5-16(13-22)6-9-18/h5-12H,3-4H2,1-2H3,(H,23,24). The van der Waals surface area contributed by atoms with Crippen LogP contribution in [0.15, 0.2) is 55.1 Å². The van der Waals surface area contributed by atoms with E-state index < -0.39 is 0 Å². The van der Waals surface area contributed by atoms with Crippen molar-refractivity contribution in [2.45, 2.75) is 13.8 Å². The van der Waals surface area contributed by atoms with Gasteiger partial charge in [0.05, 0.1) is 23.8 Å². The summed E-state index contributed by atoms with van der Waals surface area (Å²) < 4.78 is 5.49. The molecule has 1 heterocycles. The molecular weight excluding hydrogens is 310 g/mol. The van der Waals surface area contributed by atoms with Crippen molar-refractivity contribution in [2.24, 2.45) is 0 Å². The second kappa shape index (κ2) is 7.06. The first kappa shape index (κ1) is 16.5. The topological polar surface area (TPSA) is 57.9 Å². The Morgan fingerprint density at radius 3 is 2.64 bits per heavy atom. The van der Waals surface area contributed by atoms with Crippen molar-refractivity contribution in [3.63, 3.8) is 0 Å². The monoisotopic (exact) mass is 329 g/mol. The molecule has 0 radical (unpaired) electrons. The van der Waals surface area contributed by atoms with Crippen molar-refractivity contribution < 1.29 is 4.74 Å². The predicted octanol–water partition coefficient (Wildman–Crippen LogP) is 5.17. The van der Waals surface area contributed by atoms with Crippen LogP contribution >= 0.6 is 0 Å². The number of rotatable bonds is 5. The van der Waals surface area contributed by atoms with Gasteiger partial charge in [-0.15, -0.1) is 0 Å². The largest absolute Gasteiger partial charge is 0.494 e. The van der Waals surface area contributed by atoms with Crippen molar-refractivity contribution in [3.8, 4) is 6.07 Å². The van der Waals surface area contributed by atoms with Crippen LogP contribution in [0.5, 0.6) is 0 Å². The van der Waals surface area contributed by atoms with Crippen LogP contribution in [0, 0.1) is 18.3 Å². The molecule has 0 aliphatic heterocycles. The zero-order chi connectivity index (χ0) is 17.8. The molecule has 0 saturated heterocycles. The minimum atomic E-state index is 0.587. The number of aromatic nitrogens is 1. The third-order valence-electron chi connectivity index (χ3n) is 3.94. The molecule has 0 saturated carbocycles. The molecule has 3 rings (SSSR count). The van der Waals surface area contributed by atoms with Gasteiger partial charge in [0, 0.05) is 16.6 Å². The van der Waals surface area contributed by atoms with Gasteiger partial charge in [-0.25, -0.2) is 4.98 Å². The number of anilines is 2.